The molecule has 0 spiro atoms. The van der Waals surface area contributed by atoms with Gasteiger partial charge in [-0.1, -0.05) is 30.3 Å². The van der Waals surface area contributed by atoms with Crippen molar-refractivity contribution in [2.75, 3.05) is 0 Å². The first-order valence-corrected chi connectivity index (χ1v) is 5.24. The molecule has 0 saturated heterocycles. The van der Waals surface area contributed by atoms with Crippen LogP contribution in [0.4, 0.5) is 0 Å². The molecule has 1 heterocycles. The summed E-state index contributed by atoms with van der Waals surface area (Å²) in [6.45, 7) is 2.00. The van der Waals surface area contributed by atoms with Gasteiger partial charge in [-0.05, 0) is 18.1 Å². The molecule has 0 aliphatic carbocycles. The Kier molecular flexibility index (Phi) is 3.02. The monoisotopic (exact) mass is 211 g/mol. The van der Waals surface area contributed by atoms with Gasteiger partial charge in [-0.25, -0.2) is 0 Å². The highest BCUT2D eigenvalue weighted by atomic mass is 15.3. The highest BCUT2D eigenvalue weighted by Crippen LogP contribution is 2.20. The number of nitriles is 1. The van der Waals surface area contributed by atoms with E-state index in [-0.39, 0.29) is 6.04 Å². The van der Waals surface area contributed by atoms with Crippen molar-refractivity contribution in [3.8, 4) is 6.07 Å². The number of nitrogens with zero attached hydrogens (tertiary/aromatic N) is 3. The minimum atomic E-state index is 0.0138. The second-order valence-corrected chi connectivity index (χ2v) is 3.79. The first-order valence-electron chi connectivity index (χ1n) is 5.24. The Morgan fingerprint density at radius 1 is 1.38 bits per heavy atom. The van der Waals surface area contributed by atoms with Crippen LogP contribution in [0.25, 0.3) is 0 Å². The molecule has 2 aromatic rings. The third-order valence-corrected chi connectivity index (χ3v) is 2.52. The van der Waals surface area contributed by atoms with Crippen LogP contribution in [0.1, 0.15) is 23.6 Å². The highest BCUT2D eigenvalue weighted by molar-refractivity contribution is 5.21. The van der Waals surface area contributed by atoms with Crippen LogP contribution in [-0.4, -0.2) is 9.78 Å². The standard InChI is InChI=1S/C13H13N3/c1-11-9-15-16(10-11)13(7-8-14)12-5-3-2-4-6-12/h2-6,9-10,13H,7H2,1H3. The lowest BCUT2D eigenvalue weighted by atomic mass is 10.0. The van der Waals surface area contributed by atoms with Gasteiger partial charge in [-0.15, -0.1) is 0 Å². The summed E-state index contributed by atoms with van der Waals surface area (Å²) >= 11 is 0. The van der Waals surface area contributed by atoms with Crippen molar-refractivity contribution < 1.29 is 0 Å². The van der Waals surface area contributed by atoms with Gasteiger partial charge in [0.25, 0.3) is 0 Å². The molecule has 3 nitrogen and oxygen atoms in total. The molecule has 0 N–H and O–H groups in total. The van der Waals surface area contributed by atoms with E-state index >= 15 is 0 Å². The molecule has 0 amide bonds. The van der Waals surface area contributed by atoms with E-state index in [4.69, 9.17) is 5.26 Å². The van der Waals surface area contributed by atoms with E-state index in [9.17, 15) is 0 Å². The summed E-state index contributed by atoms with van der Waals surface area (Å²) in [4.78, 5) is 0. The first kappa shape index (κ1) is 10.4. The van der Waals surface area contributed by atoms with Crippen LogP contribution in [0, 0.1) is 18.3 Å². The molecule has 1 aromatic heterocycles. The van der Waals surface area contributed by atoms with Crippen molar-refractivity contribution in [2.24, 2.45) is 0 Å². The fraction of sp³-hybridized carbons (Fsp3) is 0.231. The molecule has 2 rings (SSSR count). The van der Waals surface area contributed by atoms with Gasteiger partial charge in [0, 0.05) is 6.20 Å². The molecule has 16 heavy (non-hydrogen) atoms. The number of aromatic nitrogens is 2. The average Bonchev–Trinajstić information content (AvgIpc) is 2.74. The molecule has 1 unspecified atom stereocenters. The summed E-state index contributed by atoms with van der Waals surface area (Å²) in [5, 5.41) is 13.2. The minimum Gasteiger partial charge on any atom is -0.264 e. The molecular weight excluding hydrogens is 198 g/mol. The number of hydrogen-bond acceptors (Lipinski definition) is 2. The number of hydrogen-bond donors (Lipinski definition) is 0. The fourth-order valence-electron chi connectivity index (χ4n) is 1.73. The Bertz CT molecular complexity index is 493. The number of rotatable bonds is 3. The quantitative estimate of drug-likeness (QED) is 0.783. The Morgan fingerprint density at radius 2 is 2.12 bits per heavy atom. The van der Waals surface area contributed by atoms with Crippen molar-refractivity contribution >= 4 is 0 Å². The highest BCUT2D eigenvalue weighted by Gasteiger charge is 2.13. The zero-order valence-corrected chi connectivity index (χ0v) is 9.17. The van der Waals surface area contributed by atoms with Crippen molar-refractivity contribution in [1.82, 2.24) is 9.78 Å². The van der Waals surface area contributed by atoms with Gasteiger partial charge in [-0.3, -0.25) is 4.68 Å². The van der Waals surface area contributed by atoms with E-state index in [1.807, 2.05) is 54.3 Å². The van der Waals surface area contributed by atoms with E-state index in [2.05, 4.69) is 11.2 Å². The summed E-state index contributed by atoms with van der Waals surface area (Å²) in [6.07, 6.45) is 4.22. The molecule has 3 heteroatoms. The van der Waals surface area contributed by atoms with Crippen molar-refractivity contribution in [3.05, 3.63) is 53.9 Å². The molecule has 0 fully saturated rings. The predicted molar refractivity (Wildman–Crippen MR) is 61.8 cm³/mol. The van der Waals surface area contributed by atoms with Crippen LogP contribution in [0.5, 0.6) is 0 Å². The lowest BCUT2D eigenvalue weighted by Crippen LogP contribution is -2.10. The second-order valence-electron chi connectivity index (χ2n) is 3.79. The molecule has 1 atom stereocenters. The maximum atomic E-state index is 8.88. The molecule has 0 saturated carbocycles. The lowest BCUT2D eigenvalue weighted by Gasteiger charge is -2.14. The van der Waals surface area contributed by atoms with Crippen LogP contribution < -0.4 is 0 Å². The summed E-state index contributed by atoms with van der Waals surface area (Å²) in [6, 6.07) is 12.2. The number of benzene rings is 1. The molecule has 80 valence electrons. The smallest absolute Gasteiger partial charge is 0.0898 e. The average molecular weight is 211 g/mol. The summed E-state index contributed by atoms with van der Waals surface area (Å²) in [5.41, 5.74) is 2.23. The predicted octanol–water partition coefficient (Wildman–Crippen LogP) is 2.69. The van der Waals surface area contributed by atoms with E-state index < -0.39 is 0 Å². The van der Waals surface area contributed by atoms with Gasteiger partial charge in [0.1, 0.15) is 0 Å². The SMILES string of the molecule is Cc1cnn(C(CC#N)c2ccccc2)c1. The second kappa shape index (κ2) is 4.63. The van der Waals surface area contributed by atoms with Crippen LogP contribution in [0.3, 0.4) is 0 Å². The molecule has 0 radical (unpaired) electrons. The Labute approximate surface area is 94.9 Å². The molecule has 0 aliphatic heterocycles. The van der Waals surface area contributed by atoms with Crippen LogP contribution in [0.15, 0.2) is 42.7 Å². The molecule has 0 aliphatic rings. The fourth-order valence-corrected chi connectivity index (χ4v) is 1.73. The molecular formula is C13H13N3. The summed E-state index contributed by atoms with van der Waals surface area (Å²) in [7, 11) is 0. The third kappa shape index (κ3) is 2.12. The van der Waals surface area contributed by atoms with Gasteiger partial charge in [0.05, 0.1) is 24.7 Å². The molecule has 1 aromatic carbocycles. The van der Waals surface area contributed by atoms with E-state index in [0.29, 0.717) is 6.42 Å². The number of aryl methyl sites for hydroxylation is 1. The van der Waals surface area contributed by atoms with Gasteiger partial charge in [-0.2, -0.15) is 10.4 Å². The summed E-state index contributed by atoms with van der Waals surface area (Å²) in [5.74, 6) is 0. The maximum Gasteiger partial charge on any atom is 0.0898 e. The Hall–Kier alpha value is -2.08. The van der Waals surface area contributed by atoms with Crippen LogP contribution in [0.2, 0.25) is 0 Å². The summed E-state index contributed by atoms with van der Waals surface area (Å²) < 4.78 is 1.86. The lowest BCUT2D eigenvalue weighted by molar-refractivity contribution is 0.532. The van der Waals surface area contributed by atoms with E-state index in [0.717, 1.165) is 11.1 Å². The zero-order chi connectivity index (χ0) is 11.4. The minimum absolute atomic E-state index is 0.0138. The Balaban J connectivity index is 2.35. The van der Waals surface area contributed by atoms with Gasteiger partial charge < -0.3 is 0 Å². The van der Waals surface area contributed by atoms with Gasteiger partial charge >= 0.3 is 0 Å². The Morgan fingerprint density at radius 3 is 2.69 bits per heavy atom. The largest absolute Gasteiger partial charge is 0.264 e. The van der Waals surface area contributed by atoms with Gasteiger partial charge in [0.2, 0.25) is 0 Å². The third-order valence-electron chi connectivity index (χ3n) is 2.52. The first-order chi connectivity index (χ1) is 7.81. The van der Waals surface area contributed by atoms with E-state index in [1.54, 1.807) is 0 Å². The topological polar surface area (TPSA) is 41.6 Å². The maximum absolute atomic E-state index is 8.88. The van der Waals surface area contributed by atoms with Gasteiger partial charge in [0.15, 0.2) is 0 Å². The normalized spacial score (nSPS) is 12.0. The van der Waals surface area contributed by atoms with Crippen molar-refractivity contribution in [1.29, 1.82) is 5.26 Å². The molecule has 0 bridgehead atoms. The van der Waals surface area contributed by atoms with E-state index in [1.165, 1.54) is 0 Å². The van der Waals surface area contributed by atoms with Crippen LogP contribution in [-0.2, 0) is 0 Å². The van der Waals surface area contributed by atoms with Crippen molar-refractivity contribution in [2.45, 2.75) is 19.4 Å². The zero-order valence-electron chi connectivity index (χ0n) is 9.17. The van der Waals surface area contributed by atoms with Crippen LogP contribution >= 0.6 is 0 Å². The van der Waals surface area contributed by atoms with Crippen molar-refractivity contribution in [3.63, 3.8) is 0 Å².